The van der Waals surface area contributed by atoms with Crippen LogP contribution in [-0.2, 0) is 26.7 Å². The van der Waals surface area contributed by atoms with Crippen LogP contribution in [0.5, 0.6) is 5.75 Å². The van der Waals surface area contributed by atoms with Crippen molar-refractivity contribution in [2.24, 2.45) is 0 Å². The molecule has 178 valence electrons. The zero-order chi connectivity index (χ0) is 23.3. The lowest BCUT2D eigenvalue weighted by Crippen LogP contribution is -2.54. The molecule has 2 heterocycles. The van der Waals surface area contributed by atoms with Crippen molar-refractivity contribution in [3.8, 4) is 5.75 Å². The molecule has 9 nitrogen and oxygen atoms in total. The highest BCUT2D eigenvalue weighted by atomic mass is 32.2. The third-order valence-corrected chi connectivity index (χ3v) is 7.96. The lowest BCUT2D eigenvalue weighted by molar-refractivity contribution is 0.0709. The topological polar surface area (TPSA) is 110 Å². The normalized spacial score (nSPS) is 18.4. The number of aromatic nitrogens is 1. The van der Waals surface area contributed by atoms with Gasteiger partial charge in [0.15, 0.2) is 0 Å². The first-order valence-electron chi connectivity index (χ1n) is 11.1. The molecule has 1 unspecified atom stereocenters. The van der Waals surface area contributed by atoms with Crippen LogP contribution in [0.25, 0.3) is 0 Å². The molecule has 1 aliphatic heterocycles. The van der Waals surface area contributed by atoms with E-state index in [1.165, 1.54) is 0 Å². The third kappa shape index (κ3) is 5.82. The van der Waals surface area contributed by atoms with Crippen molar-refractivity contribution in [2.75, 3.05) is 39.9 Å². The Morgan fingerprint density at radius 1 is 1.18 bits per heavy atom. The fourth-order valence-corrected chi connectivity index (χ4v) is 5.63. The number of pyridine rings is 1. The van der Waals surface area contributed by atoms with Gasteiger partial charge in [0.2, 0.25) is 10.0 Å². The van der Waals surface area contributed by atoms with Gasteiger partial charge in [-0.1, -0.05) is 18.2 Å². The van der Waals surface area contributed by atoms with E-state index in [-0.39, 0.29) is 13.0 Å². The summed E-state index contributed by atoms with van der Waals surface area (Å²) in [6, 6.07) is 12.7. The average Bonchev–Trinajstić information content (AvgIpc) is 3.70. The quantitative estimate of drug-likeness (QED) is 0.569. The molecule has 2 fully saturated rings. The summed E-state index contributed by atoms with van der Waals surface area (Å²) in [6.07, 6.45) is 2.65. The Kier molecular flexibility index (Phi) is 7.16. The molecule has 0 spiro atoms. The molecule has 4 rings (SSSR count). The van der Waals surface area contributed by atoms with Gasteiger partial charge in [0.1, 0.15) is 17.9 Å². The van der Waals surface area contributed by atoms with Gasteiger partial charge in [-0.05, 0) is 42.7 Å². The van der Waals surface area contributed by atoms with Gasteiger partial charge in [-0.15, -0.1) is 0 Å². The van der Waals surface area contributed by atoms with E-state index >= 15 is 0 Å². The second kappa shape index (κ2) is 10.1. The van der Waals surface area contributed by atoms with Crippen LogP contribution >= 0.6 is 0 Å². The number of nitrogens with one attached hydrogen (secondary N) is 2. The summed E-state index contributed by atoms with van der Waals surface area (Å²) in [5.74, 6) is 0.700. The molecule has 2 N–H and O–H groups in total. The van der Waals surface area contributed by atoms with Crippen molar-refractivity contribution in [1.29, 1.82) is 0 Å². The van der Waals surface area contributed by atoms with E-state index in [4.69, 9.17) is 9.47 Å². The Hall–Kier alpha value is -2.69. The van der Waals surface area contributed by atoms with Crippen molar-refractivity contribution in [2.45, 2.75) is 30.1 Å². The predicted molar refractivity (Wildman–Crippen MR) is 123 cm³/mol. The van der Waals surface area contributed by atoms with Gasteiger partial charge < -0.3 is 19.7 Å². The second-order valence-corrected chi connectivity index (χ2v) is 10.4. The predicted octanol–water partition coefficient (Wildman–Crippen LogP) is 1.65. The van der Waals surface area contributed by atoms with Crippen LogP contribution in [0.1, 0.15) is 24.1 Å². The van der Waals surface area contributed by atoms with Crippen molar-refractivity contribution >= 4 is 16.1 Å². The molecular weight excluding hydrogens is 444 g/mol. The minimum Gasteiger partial charge on any atom is -0.497 e. The van der Waals surface area contributed by atoms with Gasteiger partial charge in [0.25, 0.3) is 0 Å². The van der Waals surface area contributed by atoms with E-state index in [2.05, 4.69) is 15.0 Å². The van der Waals surface area contributed by atoms with Crippen LogP contribution in [0.2, 0.25) is 0 Å². The summed E-state index contributed by atoms with van der Waals surface area (Å²) < 4.78 is 40.1. The average molecular weight is 475 g/mol. The summed E-state index contributed by atoms with van der Waals surface area (Å²) in [7, 11) is -2.04. The molecule has 1 amide bonds. The molecule has 33 heavy (non-hydrogen) atoms. The number of methoxy groups -OCH3 is 1. The maximum atomic E-state index is 13.1. The monoisotopic (exact) mass is 474 g/mol. The van der Waals surface area contributed by atoms with Gasteiger partial charge in [-0.3, -0.25) is 4.98 Å². The van der Waals surface area contributed by atoms with Gasteiger partial charge in [0.05, 0.1) is 18.1 Å². The molecule has 1 aromatic carbocycles. The Bertz CT molecular complexity index is 1040. The highest BCUT2D eigenvalue weighted by Crippen LogP contribution is 2.33. The number of nitrogens with zero attached hydrogens (tertiary/aromatic N) is 2. The maximum Gasteiger partial charge on any atom is 0.409 e. The van der Waals surface area contributed by atoms with Crippen molar-refractivity contribution < 1.29 is 22.7 Å². The number of carbonyl (C=O) groups excluding carboxylic acids is 1. The molecule has 1 atom stereocenters. The van der Waals surface area contributed by atoms with Crippen LogP contribution in [0.4, 0.5) is 4.79 Å². The summed E-state index contributed by atoms with van der Waals surface area (Å²) in [6.45, 7) is 2.30. The first-order valence-corrected chi connectivity index (χ1v) is 12.7. The lowest BCUT2D eigenvalue weighted by Gasteiger charge is -2.35. The molecule has 1 aliphatic carbocycles. The van der Waals surface area contributed by atoms with Crippen LogP contribution in [0, 0.1) is 0 Å². The van der Waals surface area contributed by atoms with Gasteiger partial charge in [-0.2, -0.15) is 4.72 Å². The van der Waals surface area contributed by atoms with E-state index < -0.39 is 26.9 Å². The zero-order valence-electron chi connectivity index (χ0n) is 18.7. The van der Waals surface area contributed by atoms with Gasteiger partial charge >= 0.3 is 6.09 Å². The van der Waals surface area contributed by atoms with E-state index in [1.54, 1.807) is 36.4 Å². The molecular formula is C23H30N4O5S. The number of sulfonamides is 1. The Morgan fingerprint density at radius 3 is 2.52 bits per heavy atom. The number of piperazine rings is 1. The van der Waals surface area contributed by atoms with Crippen LogP contribution < -0.4 is 14.8 Å². The molecule has 1 aromatic heterocycles. The maximum absolute atomic E-state index is 13.1. The first kappa shape index (κ1) is 23.5. The second-order valence-electron chi connectivity index (χ2n) is 8.46. The number of amides is 1. The van der Waals surface area contributed by atoms with E-state index in [1.807, 2.05) is 24.3 Å². The molecule has 2 aromatic rings. The Labute approximate surface area is 194 Å². The Balaban J connectivity index is 1.67. The largest absolute Gasteiger partial charge is 0.497 e. The number of hydrogen-bond donors (Lipinski definition) is 2. The van der Waals surface area contributed by atoms with Crippen molar-refractivity contribution in [1.82, 2.24) is 19.9 Å². The Morgan fingerprint density at radius 2 is 1.91 bits per heavy atom. The fraction of sp³-hybridized carbons (Fsp3) is 0.478. The zero-order valence-corrected chi connectivity index (χ0v) is 19.5. The standard InChI is InChI=1S/C23H30N4O5S/c1-31-19-7-5-18(6-8-19)16-23(21-4-2-3-11-25-21,26-33(29,30)20-9-10-20)17-32-22(28)27-14-12-24-13-15-27/h2-8,11,20,24,26H,9-10,12-17H2,1H3. The molecule has 2 aliphatic rings. The number of benzene rings is 1. The fourth-order valence-electron chi connectivity index (χ4n) is 3.93. The summed E-state index contributed by atoms with van der Waals surface area (Å²) in [5.41, 5.74) is 0.109. The number of ether oxygens (including phenoxy) is 2. The summed E-state index contributed by atoms with van der Waals surface area (Å²) in [5, 5.41) is 2.77. The molecule has 1 saturated carbocycles. The van der Waals surface area contributed by atoms with Crippen molar-refractivity contribution in [3.05, 3.63) is 59.9 Å². The van der Waals surface area contributed by atoms with E-state index in [0.29, 0.717) is 50.5 Å². The van der Waals surface area contributed by atoms with Crippen LogP contribution in [0.3, 0.4) is 0 Å². The smallest absolute Gasteiger partial charge is 0.409 e. The molecule has 10 heteroatoms. The van der Waals surface area contributed by atoms with Gasteiger partial charge in [0, 0.05) is 38.8 Å². The number of rotatable bonds is 9. The highest BCUT2D eigenvalue weighted by molar-refractivity contribution is 7.90. The minimum absolute atomic E-state index is 0.176. The van der Waals surface area contributed by atoms with E-state index in [9.17, 15) is 13.2 Å². The number of hydrogen-bond acceptors (Lipinski definition) is 7. The number of carbonyl (C=O) groups is 1. The first-order chi connectivity index (χ1) is 15.9. The van der Waals surface area contributed by atoms with Crippen LogP contribution in [-0.4, -0.2) is 69.5 Å². The SMILES string of the molecule is COc1ccc(CC(COC(=O)N2CCNCC2)(NS(=O)(=O)C2CC2)c2ccccn2)cc1. The molecule has 0 radical (unpaired) electrons. The van der Waals surface area contributed by atoms with Crippen LogP contribution in [0.15, 0.2) is 48.7 Å². The third-order valence-electron chi connectivity index (χ3n) is 5.94. The highest BCUT2D eigenvalue weighted by Gasteiger charge is 2.45. The van der Waals surface area contributed by atoms with Gasteiger partial charge in [-0.25, -0.2) is 13.2 Å². The minimum atomic E-state index is -3.63. The van der Waals surface area contributed by atoms with E-state index in [0.717, 1.165) is 5.56 Å². The summed E-state index contributed by atoms with van der Waals surface area (Å²) in [4.78, 5) is 18.9. The lowest BCUT2D eigenvalue weighted by atomic mass is 9.88. The van der Waals surface area contributed by atoms with Crippen molar-refractivity contribution in [3.63, 3.8) is 0 Å². The summed E-state index contributed by atoms with van der Waals surface area (Å²) >= 11 is 0. The molecule has 1 saturated heterocycles. The molecule has 0 bridgehead atoms.